The van der Waals surface area contributed by atoms with Crippen molar-refractivity contribution in [3.05, 3.63) is 65.3 Å². The molecular formula is C30H31ClN4O5S. The standard InChI is InChI=1S/C30H31ClN4O5S/c1-41(37,35-12-2-3-13-35)34-21-10-8-19(9-11-21)18-4-6-20(7-5-18)28-22(31)14-23-24(33-28)15-27(32-23)40-26-17-39-29-25(36)16-38-30(26)29/h4-11,14,25-26,29-30,36H,2-3,12-13,15-17H2,1H3/t25-,26-,29-,30-,41?/m1/s1. The maximum atomic E-state index is 13.0. The molecule has 4 aliphatic rings. The molecule has 1 unspecified atom stereocenters. The molecule has 214 valence electrons. The fourth-order valence-corrected chi connectivity index (χ4v) is 7.69. The fourth-order valence-electron chi connectivity index (χ4n) is 5.87. The number of rotatable bonds is 5. The van der Waals surface area contributed by atoms with Gasteiger partial charge in [-0.2, -0.15) is 4.36 Å². The molecule has 0 radical (unpaired) electrons. The van der Waals surface area contributed by atoms with Crippen LogP contribution in [0.5, 0.6) is 0 Å². The minimum absolute atomic E-state index is 0.253. The third-order valence-electron chi connectivity index (χ3n) is 8.04. The van der Waals surface area contributed by atoms with Gasteiger partial charge in [-0.3, -0.25) is 0 Å². The van der Waals surface area contributed by atoms with Crippen molar-refractivity contribution in [2.45, 2.75) is 43.7 Å². The predicted molar refractivity (Wildman–Crippen MR) is 158 cm³/mol. The number of aliphatic hydroxyl groups is 1. The maximum Gasteiger partial charge on any atom is 0.195 e. The first kappa shape index (κ1) is 27.0. The van der Waals surface area contributed by atoms with Gasteiger partial charge in [0.15, 0.2) is 12.0 Å². The van der Waals surface area contributed by atoms with E-state index in [1.165, 1.54) is 0 Å². The second-order valence-electron chi connectivity index (χ2n) is 10.9. The Kier molecular flexibility index (Phi) is 7.09. The molecule has 1 N–H and O–H groups in total. The molecule has 3 aromatic rings. The fraction of sp³-hybridized carbons (Fsp3) is 0.400. The molecule has 3 saturated heterocycles. The quantitative estimate of drug-likeness (QED) is 0.449. The summed E-state index contributed by atoms with van der Waals surface area (Å²) in [6.07, 6.45) is 2.73. The van der Waals surface area contributed by atoms with Gasteiger partial charge in [-0.1, -0.05) is 48.0 Å². The molecule has 1 aromatic heterocycles. The lowest BCUT2D eigenvalue weighted by Gasteiger charge is -2.17. The van der Waals surface area contributed by atoms with Crippen LogP contribution in [0.3, 0.4) is 0 Å². The number of aromatic nitrogens is 1. The lowest BCUT2D eigenvalue weighted by atomic mass is 10.0. The average Bonchev–Trinajstić information content (AvgIpc) is 3.76. The van der Waals surface area contributed by atoms with Crippen LogP contribution in [0, 0.1) is 0 Å². The normalized spacial score (nSPS) is 26.9. The van der Waals surface area contributed by atoms with Crippen molar-refractivity contribution in [3.8, 4) is 22.4 Å². The Morgan fingerprint density at radius 2 is 1.66 bits per heavy atom. The number of nitrogens with zero attached hydrogens (tertiary/aromatic N) is 4. The minimum atomic E-state index is -2.40. The molecule has 0 aliphatic carbocycles. The van der Waals surface area contributed by atoms with E-state index in [4.69, 9.17) is 30.8 Å². The van der Waals surface area contributed by atoms with E-state index in [0.29, 0.717) is 35.3 Å². The first-order valence-corrected chi connectivity index (χ1v) is 16.1. The molecule has 0 amide bonds. The largest absolute Gasteiger partial charge is 0.472 e. The first-order chi connectivity index (χ1) is 19.8. The summed E-state index contributed by atoms with van der Waals surface area (Å²) in [5.41, 5.74) is 5.89. The van der Waals surface area contributed by atoms with Crippen LogP contribution in [0.25, 0.3) is 22.4 Å². The molecule has 0 saturated carbocycles. The number of pyridine rings is 1. The molecule has 4 aliphatic heterocycles. The summed E-state index contributed by atoms with van der Waals surface area (Å²) < 4.78 is 37.0. The van der Waals surface area contributed by atoms with Crippen molar-refractivity contribution in [2.24, 2.45) is 9.36 Å². The summed E-state index contributed by atoms with van der Waals surface area (Å²) in [5.74, 6) is 0.546. The van der Waals surface area contributed by atoms with Gasteiger partial charge in [0.1, 0.15) is 28.2 Å². The van der Waals surface area contributed by atoms with Crippen molar-refractivity contribution in [1.29, 1.82) is 0 Å². The highest BCUT2D eigenvalue weighted by atomic mass is 35.5. The number of ether oxygens (including phenoxy) is 3. The van der Waals surface area contributed by atoms with Crippen LogP contribution in [0.4, 0.5) is 11.4 Å². The predicted octanol–water partition coefficient (Wildman–Crippen LogP) is 4.94. The van der Waals surface area contributed by atoms with Gasteiger partial charge in [0.25, 0.3) is 0 Å². The number of hydrogen-bond acceptors (Lipinski definition) is 8. The van der Waals surface area contributed by atoms with Crippen LogP contribution in [0.2, 0.25) is 5.02 Å². The van der Waals surface area contributed by atoms with E-state index >= 15 is 0 Å². The van der Waals surface area contributed by atoms with E-state index < -0.39 is 16.0 Å². The number of hydrogen-bond donors (Lipinski definition) is 1. The Labute approximate surface area is 244 Å². The van der Waals surface area contributed by atoms with Crippen LogP contribution < -0.4 is 0 Å². The highest BCUT2D eigenvalue weighted by Crippen LogP contribution is 2.37. The zero-order valence-electron chi connectivity index (χ0n) is 22.6. The Balaban J connectivity index is 1.04. The molecular weight excluding hydrogens is 564 g/mol. The summed E-state index contributed by atoms with van der Waals surface area (Å²) in [6.45, 7) is 2.28. The number of aliphatic imine (C=N–C) groups is 1. The smallest absolute Gasteiger partial charge is 0.195 e. The number of benzene rings is 2. The Hall–Kier alpha value is -2.86. The van der Waals surface area contributed by atoms with Crippen molar-refractivity contribution < 1.29 is 23.5 Å². The highest BCUT2D eigenvalue weighted by molar-refractivity contribution is 7.90. The SMILES string of the molecule is CS(=O)(=Nc1ccc(-c2ccc(-c3nc4c(cc3Cl)N=C(O[C@@H]3CO[C@H]5[C@@H]3OC[C@H]5O)C4)cc2)cc1)N1CCCC1. The summed E-state index contributed by atoms with van der Waals surface area (Å²) >= 11 is 6.65. The van der Waals surface area contributed by atoms with E-state index in [9.17, 15) is 9.32 Å². The van der Waals surface area contributed by atoms with Crippen molar-refractivity contribution in [3.63, 3.8) is 0 Å². The van der Waals surface area contributed by atoms with E-state index in [2.05, 4.69) is 9.36 Å². The summed E-state index contributed by atoms with van der Waals surface area (Å²) in [5, 5.41) is 10.5. The lowest BCUT2D eigenvalue weighted by Crippen LogP contribution is -2.34. The number of fused-ring (bicyclic) bond motifs is 2. The second-order valence-corrected chi connectivity index (χ2v) is 13.5. The molecule has 7 rings (SSSR count). The molecule has 41 heavy (non-hydrogen) atoms. The molecule has 3 fully saturated rings. The molecule has 5 atom stereocenters. The lowest BCUT2D eigenvalue weighted by molar-refractivity contribution is 0.00558. The minimum Gasteiger partial charge on any atom is -0.472 e. The maximum absolute atomic E-state index is 13.0. The summed E-state index contributed by atoms with van der Waals surface area (Å²) in [7, 11) is -2.40. The second kappa shape index (κ2) is 10.8. The van der Waals surface area contributed by atoms with Crippen molar-refractivity contribution >= 4 is 38.8 Å². The third-order valence-corrected chi connectivity index (χ3v) is 10.2. The molecule has 5 heterocycles. The van der Waals surface area contributed by atoms with Gasteiger partial charge >= 0.3 is 0 Å². The van der Waals surface area contributed by atoms with Crippen LogP contribution in [-0.4, -0.2) is 81.5 Å². The molecule has 2 aromatic carbocycles. The zero-order valence-corrected chi connectivity index (χ0v) is 24.2. The van der Waals surface area contributed by atoms with Gasteiger partial charge in [-0.15, -0.1) is 0 Å². The van der Waals surface area contributed by atoms with Gasteiger partial charge in [0.05, 0.1) is 47.4 Å². The third kappa shape index (κ3) is 5.29. The topological polar surface area (TPSA) is 106 Å². The van der Waals surface area contributed by atoms with Crippen LogP contribution in [-0.2, 0) is 30.5 Å². The highest BCUT2D eigenvalue weighted by Gasteiger charge is 2.49. The van der Waals surface area contributed by atoms with Crippen LogP contribution >= 0.6 is 11.6 Å². The average molecular weight is 595 g/mol. The van der Waals surface area contributed by atoms with E-state index in [1.807, 2.05) is 58.9 Å². The monoisotopic (exact) mass is 594 g/mol. The van der Waals surface area contributed by atoms with E-state index in [0.717, 1.165) is 54.0 Å². The molecule has 0 bridgehead atoms. The van der Waals surface area contributed by atoms with Gasteiger partial charge in [0.2, 0.25) is 0 Å². The molecule has 0 spiro atoms. The Bertz CT molecular complexity index is 1620. The van der Waals surface area contributed by atoms with Crippen LogP contribution in [0.15, 0.2) is 64.0 Å². The van der Waals surface area contributed by atoms with Gasteiger partial charge < -0.3 is 19.3 Å². The van der Waals surface area contributed by atoms with Gasteiger partial charge in [0, 0.05) is 24.9 Å². The Morgan fingerprint density at radius 3 is 2.39 bits per heavy atom. The van der Waals surface area contributed by atoms with Crippen molar-refractivity contribution in [2.75, 3.05) is 32.6 Å². The van der Waals surface area contributed by atoms with Crippen LogP contribution in [0.1, 0.15) is 18.5 Å². The van der Waals surface area contributed by atoms with Crippen molar-refractivity contribution in [1.82, 2.24) is 9.29 Å². The van der Waals surface area contributed by atoms with Gasteiger partial charge in [-0.05, 0) is 42.2 Å². The summed E-state index contributed by atoms with van der Waals surface area (Å²) in [4.78, 5) is 9.43. The number of aliphatic hydroxyl groups excluding tert-OH is 1. The van der Waals surface area contributed by atoms with E-state index in [1.54, 1.807) is 6.26 Å². The number of halogens is 1. The summed E-state index contributed by atoms with van der Waals surface area (Å²) in [6, 6.07) is 17.8. The molecule has 9 nitrogen and oxygen atoms in total. The Morgan fingerprint density at radius 1 is 1.00 bits per heavy atom. The first-order valence-electron chi connectivity index (χ1n) is 13.9. The molecule has 11 heteroatoms. The van der Waals surface area contributed by atoms with E-state index in [-0.39, 0.29) is 24.9 Å². The zero-order chi connectivity index (χ0) is 28.1. The van der Waals surface area contributed by atoms with Gasteiger partial charge in [-0.25, -0.2) is 18.5 Å².